The van der Waals surface area contributed by atoms with Gasteiger partial charge < -0.3 is 4.74 Å². The maximum atomic E-state index is 12.2. The number of nitrogens with zero attached hydrogens (tertiary/aromatic N) is 1. The van der Waals surface area contributed by atoms with Crippen LogP contribution in [0.3, 0.4) is 0 Å². The van der Waals surface area contributed by atoms with Crippen LogP contribution in [0.25, 0.3) is 6.08 Å². The van der Waals surface area contributed by atoms with E-state index in [0.717, 1.165) is 0 Å². The molecule has 0 heterocycles. The normalized spacial score (nSPS) is 10.8. The molecule has 0 bridgehead atoms. The molecular formula is C17H12ClNO2. The average Bonchev–Trinajstić information content (AvgIpc) is 2.53. The Morgan fingerprint density at radius 1 is 1.24 bits per heavy atom. The number of ketones is 1. The highest BCUT2D eigenvalue weighted by Gasteiger charge is 2.12. The third-order valence-corrected chi connectivity index (χ3v) is 3.18. The Morgan fingerprint density at radius 3 is 2.52 bits per heavy atom. The van der Waals surface area contributed by atoms with Crippen LogP contribution in [0, 0.1) is 11.3 Å². The fourth-order valence-corrected chi connectivity index (χ4v) is 2.10. The molecule has 0 amide bonds. The summed E-state index contributed by atoms with van der Waals surface area (Å²) in [6, 6.07) is 15.7. The number of allylic oxidation sites excluding steroid dienone is 1. The lowest BCUT2D eigenvalue weighted by atomic mass is 10.0. The Bertz CT molecular complexity index is 730. The van der Waals surface area contributed by atoms with Crippen LogP contribution in [0.2, 0.25) is 5.02 Å². The van der Waals surface area contributed by atoms with Gasteiger partial charge in [-0.2, -0.15) is 5.26 Å². The van der Waals surface area contributed by atoms with E-state index in [2.05, 4.69) is 0 Å². The van der Waals surface area contributed by atoms with Crippen LogP contribution in [0.5, 0.6) is 5.75 Å². The van der Waals surface area contributed by atoms with Gasteiger partial charge in [-0.15, -0.1) is 0 Å². The number of hydrogen-bond donors (Lipinski definition) is 0. The lowest BCUT2D eigenvalue weighted by Crippen LogP contribution is -2.01. The quantitative estimate of drug-likeness (QED) is 0.484. The van der Waals surface area contributed by atoms with E-state index in [1.165, 1.54) is 13.2 Å². The molecule has 0 aliphatic rings. The molecule has 0 N–H and O–H groups in total. The lowest BCUT2D eigenvalue weighted by molar-refractivity contribution is 0.104. The van der Waals surface area contributed by atoms with Gasteiger partial charge in [-0.05, 0) is 23.8 Å². The maximum Gasteiger partial charge on any atom is 0.203 e. The third kappa shape index (κ3) is 3.50. The van der Waals surface area contributed by atoms with Gasteiger partial charge >= 0.3 is 0 Å². The zero-order valence-electron chi connectivity index (χ0n) is 11.3. The number of carbonyl (C=O) groups excluding carboxylic acids is 1. The third-order valence-electron chi connectivity index (χ3n) is 2.89. The zero-order chi connectivity index (χ0) is 15.2. The van der Waals surface area contributed by atoms with E-state index >= 15 is 0 Å². The molecule has 0 saturated heterocycles. The number of halogens is 1. The summed E-state index contributed by atoms with van der Waals surface area (Å²) in [6.07, 6.45) is 1.51. The summed E-state index contributed by atoms with van der Waals surface area (Å²) in [5.74, 6) is 0.228. The van der Waals surface area contributed by atoms with Gasteiger partial charge in [0.15, 0.2) is 0 Å². The molecule has 2 aromatic carbocycles. The molecular weight excluding hydrogens is 286 g/mol. The first kappa shape index (κ1) is 14.8. The molecule has 0 spiro atoms. The number of methoxy groups -OCH3 is 1. The number of nitriles is 1. The van der Waals surface area contributed by atoms with Crippen LogP contribution in [0.4, 0.5) is 0 Å². The Morgan fingerprint density at radius 2 is 1.95 bits per heavy atom. The summed E-state index contributed by atoms with van der Waals surface area (Å²) in [5, 5.41) is 9.62. The van der Waals surface area contributed by atoms with Crippen molar-refractivity contribution < 1.29 is 9.53 Å². The van der Waals surface area contributed by atoms with Crippen LogP contribution in [0.15, 0.2) is 54.1 Å². The van der Waals surface area contributed by atoms with E-state index < -0.39 is 0 Å². The van der Waals surface area contributed by atoms with Gasteiger partial charge in [0.05, 0.1) is 12.1 Å². The molecule has 0 atom stereocenters. The first-order valence-electron chi connectivity index (χ1n) is 6.21. The number of Topliss-reactive ketones (excluding diaryl/α,β-unsaturated/α-hetero) is 1. The minimum Gasteiger partial charge on any atom is -0.495 e. The van der Waals surface area contributed by atoms with Crippen molar-refractivity contribution in [2.45, 2.75) is 0 Å². The highest BCUT2D eigenvalue weighted by atomic mass is 35.5. The predicted molar refractivity (Wildman–Crippen MR) is 82.4 cm³/mol. The number of benzene rings is 2. The van der Waals surface area contributed by atoms with E-state index in [1.807, 2.05) is 12.1 Å². The predicted octanol–water partition coefficient (Wildman–Crippen LogP) is 4.14. The molecule has 104 valence electrons. The molecule has 21 heavy (non-hydrogen) atoms. The number of rotatable bonds is 4. The second-order valence-corrected chi connectivity index (χ2v) is 4.67. The fraction of sp³-hybridized carbons (Fsp3) is 0.0588. The van der Waals surface area contributed by atoms with Crippen molar-refractivity contribution in [1.29, 1.82) is 5.26 Å². The summed E-state index contributed by atoms with van der Waals surface area (Å²) in [5.41, 5.74) is 1.20. The zero-order valence-corrected chi connectivity index (χ0v) is 12.1. The van der Waals surface area contributed by atoms with Gasteiger partial charge in [-0.3, -0.25) is 4.79 Å². The maximum absolute atomic E-state index is 12.2. The molecule has 0 radical (unpaired) electrons. The number of ether oxygens (including phenoxy) is 1. The minimum absolute atomic E-state index is 0.0578. The summed E-state index contributed by atoms with van der Waals surface area (Å²) in [4.78, 5) is 12.2. The first-order valence-corrected chi connectivity index (χ1v) is 6.58. The second-order valence-electron chi connectivity index (χ2n) is 4.26. The minimum atomic E-state index is -0.315. The Hall–Kier alpha value is -2.57. The molecule has 2 rings (SSSR count). The van der Waals surface area contributed by atoms with E-state index in [1.54, 1.807) is 42.5 Å². The Balaban J connectivity index is 2.36. The van der Waals surface area contributed by atoms with Gasteiger partial charge in [-0.25, -0.2) is 0 Å². The fourth-order valence-electron chi connectivity index (χ4n) is 1.83. The lowest BCUT2D eigenvalue weighted by Gasteiger charge is -2.04. The largest absolute Gasteiger partial charge is 0.495 e. The van der Waals surface area contributed by atoms with Crippen LogP contribution in [0.1, 0.15) is 15.9 Å². The smallest absolute Gasteiger partial charge is 0.203 e. The molecule has 0 saturated carbocycles. The second kappa shape index (κ2) is 6.74. The van der Waals surface area contributed by atoms with Crippen LogP contribution in [-0.2, 0) is 0 Å². The van der Waals surface area contributed by atoms with Gasteiger partial charge in [0.25, 0.3) is 0 Å². The molecule has 2 aromatic rings. The van der Waals surface area contributed by atoms with Crippen LogP contribution in [-0.4, -0.2) is 12.9 Å². The highest BCUT2D eigenvalue weighted by Crippen LogP contribution is 2.26. The van der Waals surface area contributed by atoms with E-state index in [9.17, 15) is 10.1 Å². The molecule has 0 aliphatic heterocycles. The highest BCUT2D eigenvalue weighted by molar-refractivity contribution is 6.32. The van der Waals surface area contributed by atoms with Crippen LogP contribution < -0.4 is 4.74 Å². The number of carbonyl (C=O) groups is 1. The van der Waals surface area contributed by atoms with E-state index in [4.69, 9.17) is 16.3 Å². The van der Waals surface area contributed by atoms with Crippen molar-refractivity contribution in [3.8, 4) is 11.8 Å². The van der Waals surface area contributed by atoms with Crippen molar-refractivity contribution in [2.24, 2.45) is 0 Å². The SMILES string of the molecule is COc1ccc(C=C(C#N)C(=O)c2ccccc2)cc1Cl. The van der Waals surface area contributed by atoms with Crippen molar-refractivity contribution in [3.63, 3.8) is 0 Å². The van der Waals surface area contributed by atoms with Gasteiger partial charge in [0.2, 0.25) is 5.78 Å². The topological polar surface area (TPSA) is 50.1 Å². The molecule has 4 heteroatoms. The summed E-state index contributed by atoms with van der Waals surface area (Å²) in [7, 11) is 1.52. The molecule has 0 aliphatic carbocycles. The van der Waals surface area contributed by atoms with Crippen LogP contribution >= 0.6 is 11.6 Å². The van der Waals surface area contributed by atoms with Crippen molar-refractivity contribution in [2.75, 3.05) is 7.11 Å². The van der Waals surface area contributed by atoms with Gasteiger partial charge in [0, 0.05) is 5.56 Å². The number of hydrogen-bond acceptors (Lipinski definition) is 3. The van der Waals surface area contributed by atoms with Gasteiger partial charge in [0.1, 0.15) is 17.4 Å². The van der Waals surface area contributed by atoms with Crippen molar-refractivity contribution >= 4 is 23.5 Å². The Labute approximate surface area is 128 Å². The molecule has 0 unspecified atom stereocenters. The summed E-state index contributed by atoms with van der Waals surface area (Å²) >= 11 is 6.03. The first-order chi connectivity index (χ1) is 10.2. The molecule has 3 nitrogen and oxygen atoms in total. The summed E-state index contributed by atoms with van der Waals surface area (Å²) in [6.45, 7) is 0. The molecule has 0 aromatic heterocycles. The van der Waals surface area contributed by atoms with E-state index in [0.29, 0.717) is 21.9 Å². The molecule has 0 fully saturated rings. The monoisotopic (exact) mass is 297 g/mol. The summed E-state index contributed by atoms with van der Waals surface area (Å²) < 4.78 is 5.06. The van der Waals surface area contributed by atoms with Crippen molar-refractivity contribution in [1.82, 2.24) is 0 Å². The average molecular weight is 298 g/mol. The Kier molecular flexibility index (Phi) is 4.76. The van der Waals surface area contributed by atoms with Gasteiger partial charge in [-0.1, -0.05) is 48.0 Å². The standard InChI is InChI=1S/C17H12ClNO2/c1-21-16-8-7-12(10-15(16)18)9-14(11-19)17(20)13-5-3-2-4-6-13/h2-10H,1H3. The van der Waals surface area contributed by atoms with E-state index in [-0.39, 0.29) is 11.4 Å². The van der Waals surface area contributed by atoms with Crippen molar-refractivity contribution in [3.05, 3.63) is 70.3 Å².